The highest BCUT2D eigenvalue weighted by molar-refractivity contribution is 4.98. The summed E-state index contributed by atoms with van der Waals surface area (Å²) in [5, 5.41) is 0. The first kappa shape index (κ1) is 29.6. The summed E-state index contributed by atoms with van der Waals surface area (Å²) in [6, 6.07) is 0. The lowest BCUT2D eigenvalue weighted by atomic mass is 10.0. The summed E-state index contributed by atoms with van der Waals surface area (Å²) in [4.78, 5) is 0. The molecular weight excluding hydrogens is 360 g/mol. The molecule has 176 valence electrons. The minimum Gasteiger partial charge on any atom is -0.103 e. The van der Waals surface area contributed by atoms with E-state index < -0.39 is 0 Å². The summed E-state index contributed by atoms with van der Waals surface area (Å²) in [7, 11) is 0. The Morgan fingerprint density at radius 2 is 0.467 bits per heavy atom. The van der Waals surface area contributed by atoms with Gasteiger partial charge in [-0.3, -0.25) is 0 Å². The Hall–Kier alpha value is -0.440. The fraction of sp³-hybridized carbons (Fsp3) is 0.867. The van der Waals surface area contributed by atoms with Crippen LogP contribution in [0.2, 0.25) is 0 Å². The quantitative estimate of drug-likeness (QED) is 0.108. The maximum absolute atomic E-state index is 3.91. The number of unbranched alkanes of at least 4 members (excludes halogenated alkanes) is 24. The summed E-state index contributed by atoms with van der Waals surface area (Å²) in [6.07, 6.45) is 35.4. The van der Waals surface area contributed by atoms with Crippen LogP contribution in [-0.2, 0) is 0 Å². The largest absolute Gasteiger partial charge is 0.103 e. The molecule has 0 heterocycles. The molecular formula is C30H56. The van der Waals surface area contributed by atoms with Crippen LogP contribution in [0.4, 0.5) is 0 Å². The van der Waals surface area contributed by atoms with Crippen molar-refractivity contribution in [3.05, 3.63) is 13.8 Å². The highest BCUT2D eigenvalue weighted by Crippen LogP contribution is 2.14. The second-order valence-corrected chi connectivity index (χ2v) is 9.34. The van der Waals surface area contributed by atoms with Crippen LogP contribution >= 0.6 is 0 Å². The van der Waals surface area contributed by atoms with Gasteiger partial charge in [0.05, 0.1) is 0 Å². The molecule has 2 radical (unpaired) electrons. The standard InChI is InChI=1S/C30H56/c1-3-5-7-9-11-13-15-17-19-21-23-25-27-29-30-28-26-24-22-20-18-16-14-12-10-8-6-4-2/h1-17,19,21-30H2. The van der Waals surface area contributed by atoms with E-state index in [9.17, 15) is 0 Å². The number of hydrogen-bond donors (Lipinski definition) is 0. The zero-order valence-corrected chi connectivity index (χ0v) is 20.8. The highest BCUT2D eigenvalue weighted by atomic mass is 14.0. The van der Waals surface area contributed by atoms with Gasteiger partial charge in [0.15, 0.2) is 0 Å². The predicted molar refractivity (Wildman–Crippen MR) is 139 cm³/mol. The van der Waals surface area contributed by atoms with Crippen molar-refractivity contribution in [3.8, 4) is 11.8 Å². The van der Waals surface area contributed by atoms with Gasteiger partial charge in [-0.25, -0.2) is 0 Å². The van der Waals surface area contributed by atoms with Gasteiger partial charge in [-0.2, -0.15) is 0 Å². The van der Waals surface area contributed by atoms with Crippen LogP contribution in [0.3, 0.4) is 0 Å². The Bertz CT molecular complexity index is 345. The average Bonchev–Trinajstić information content (AvgIpc) is 2.76. The van der Waals surface area contributed by atoms with Gasteiger partial charge in [-0.05, 0) is 12.8 Å². The van der Waals surface area contributed by atoms with Crippen LogP contribution in [-0.4, -0.2) is 0 Å². The van der Waals surface area contributed by atoms with Crippen LogP contribution < -0.4 is 0 Å². The molecule has 0 aliphatic heterocycles. The van der Waals surface area contributed by atoms with Gasteiger partial charge < -0.3 is 0 Å². The molecule has 30 heavy (non-hydrogen) atoms. The second kappa shape index (κ2) is 28.6. The molecule has 0 aromatic carbocycles. The topological polar surface area (TPSA) is 0 Å². The molecule has 0 unspecified atom stereocenters. The molecule has 0 amide bonds. The number of rotatable bonds is 24. The molecule has 0 nitrogen and oxygen atoms in total. The summed E-state index contributed by atoms with van der Waals surface area (Å²) in [5.74, 6) is 6.75. The fourth-order valence-electron chi connectivity index (χ4n) is 4.14. The SMILES string of the molecule is [CH2]CCCCCCCC#CCCCCCCCCCCCCCCCCCCC[CH2]. The molecule has 0 rings (SSSR count). The van der Waals surface area contributed by atoms with Crippen molar-refractivity contribution in [2.45, 2.75) is 167 Å². The molecule has 0 N–H and O–H groups in total. The highest BCUT2D eigenvalue weighted by Gasteiger charge is 1.95. The lowest BCUT2D eigenvalue weighted by Crippen LogP contribution is -1.84. The Kier molecular flexibility index (Phi) is 28.1. The zero-order valence-electron chi connectivity index (χ0n) is 20.8. The van der Waals surface area contributed by atoms with Crippen molar-refractivity contribution in [2.75, 3.05) is 0 Å². The second-order valence-electron chi connectivity index (χ2n) is 9.34. The van der Waals surface area contributed by atoms with E-state index in [1.807, 2.05) is 0 Å². The summed E-state index contributed by atoms with van der Waals surface area (Å²) < 4.78 is 0. The number of hydrogen-bond acceptors (Lipinski definition) is 0. The predicted octanol–water partition coefficient (Wildman–Crippen LogP) is 10.8. The molecule has 0 fully saturated rings. The molecule has 0 aromatic rings. The Morgan fingerprint density at radius 3 is 0.700 bits per heavy atom. The lowest BCUT2D eigenvalue weighted by molar-refractivity contribution is 0.526. The summed E-state index contributed by atoms with van der Waals surface area (Å²) in [6.45, 7) is 7.81. The lowest BCUT2D eigenvalue weighted by Gasteiger charge is -2.03. The third-order valence-corrected chi connectivity index (χ3v) is 6.23. The molecule has 0 saturated heterocycles. The fourth-order valence-corrected chi connectivity index (χ4v) is 4.14. The van der Waals surface area contributed by atoms with E-state index in [2.05, 4.69) is 25.7 Å². The molecule has 0 aliphatic rings. The van der Waals surface area contributed by atoms with E-state index in [0.29, 0.717) is 0 Å². The van der Waals surface area contributed by atoms with Gasteiger partial charge in [0.25, 0.3) is 0 Å². The average molecular weight is 417 g/mol. The minimum absolute atomic E-state index is 1.10. The first-order chi connectivity index (χ1) is 14.9. The molecule has 0 heteroatoms. The Labute approximate surface area is 192 Å². The van der Waals surface area contributed by atoms with E-state index in [0.717, 1.165) is 25.7 Å². The van der Waals surface area contributed by atoms with Crippen LogP contribution in [0, 0.1) is 25.7 Å². The van der Waals surface area contributed by atoms with Gasteiger partial charge in [0.1, 0.15) is 0 Å². The third kappa shape index (κ3) is 27.6. The molecule has 0 saturated carbocycles. The maximum Gasteiger partial charge on any atom is 0.00886 e. The summed E-state index contributed by atoms with van der Waals surface area (Å²) >= 11 is 0. The minimum atomic E-state index is 1.10. The van der Waals surface area contributed by atoms with Crippen molar-refractivity contribution in [2.24, 2.45) is 0 Å². The van der Waals surface area contributed by atoms with Crippen LogP contribution in [0.1, 0.15) is 167 Å². The van der Waals surface area contributed by atoms with Crippen molar-refractivity contribution in [1.29, 1.82) is 0 Å². The maximum atomic E-state index is 3.91. The van der Waals surface area contributed by atoms with E-state index in [4.69, 9.17) is 0 Å². The summed E-state index contributed by atoms with van der Waals surface area (Å²) in [5.41, 5.74) is 0. The van der Waals surface area contributed by atoms with Crippen molar-refractivity contribution in [3.63, 3.8) is 0 Å². The normalized spacial score (nSPS) is 10.9. The monoisotopic (exact) mass is 416 g/mol. The molecule has 0 aliphatic carbocycles. The Morgan fingerprint density at radius 1 is 0.267 bits per heavy atom. The van der Waals surface area contributed by atoms with Gasteiger partial charge in [-0.15, -0.1) is 11.8 Å². The van der Waals surface area contributed by atoms with Gasteiger partial charge >= 0.3 is 0 Å². The van der Waals surface area contributed by atoms with E-state index in [1.165, 1.54) is 141 Å². The van der Waals surface area contributed by atoms with Gasteiger partial charge in [0, 0.05) is 12.8 Å². The van der Waals surface area contributed by atoms with Crippen LogP contribution in [0.15, 0.2) is 0 Å². The third-order valence-electron chi connectivity index (χ3n) is 6.23. The smallest absolute Gasteiger partial charge is 0.00886 e. The molecule has 0 atom stereocenters. The van der Waals surface area contributed by atoms with Gasteiger partial charge in [0.2, 0.25) is 0 Å². The van der Waals surface area contributed by atoms with Crippen molar-refractivity contribution < 1.29 is 0 Å². The van der Waals surface area contributed by atoms with Crippen molar-refractivity contribution >= 4 is 0 Å². The van der Waals surface area contributed by atoms with E-state index in [1.54, 1.807) is 0 Å². The van der Waals surface area contributed by atoms with Gasteiger partial charge in [-0.1, -0.05) is 155 Å². The Balaban J connectivity index is 3.06. The first-order valence-corrected chi connectivity index (χ1v) is 14.0. The zero-order chi connectivity index (χ0) is 21.8. The first-order valence-electron chi connectivity index (χ1n) is 14.0. The van der Waals surface area contributed by atoms with E-state index >= 15 is 0 Å². The van der Waals surface area contributed by atoms with Crippen LogP contribution in [0.25, 0.3) is 0 Å². The molecule has 0 aromatic heterocycles. The molecule has 0 spiro atoms. The van der Waals surface area contributed by atoms with Crippen LogP contribution in [0.5, 0.6) is 0 Å². The van der Waals surface area contributed by atoms with Crippen molar-refractivity contribution in [1.82, 2.24) is 0 Å². The molecule has 0 bridgehead atoms. The van der Waals surface area contributed by atoms with E-state index in [-0.39, 0.29) is 0 Å².